The van der Waals surface area contributed by atoms with Crippen molar-refractivity contribution in [2.24, 2.45) is 0 Å². The summed E-state index contributed by atoms with van der Waals surface area (Å²) in [6.07, 6.45) is 1.01. The molecule has 0 radical (unpaired) electrons. The number of aromatic nitrogens is 1. The van der Waals surface area contributed by atoms with Crippen LogP contribution >= 0.6 is 0 Å². The SMILES string of the molecule is CCCNc1nc(C(=O)NC(C)C)cc2ccccc12. The number of carbonyl (C=O) groups is 1. The van der Waals surface area contributed by atoms with Crippen LogP contribution in [0, 0.1) is 0 Å². The van der Waals surface area contributed by atoms with Gasteiger partial charge in [-0.05, 0) is 31.7 Å². The molecule has 2 N–H and O–H groups in total. The molecule has 0 saturated carbocycles. The summed E-state index contributed by atoms with van der Waals surface area (Å²) in [4.78, 5) is 16.6. The Hall–Kier alpha value is -2.10. The molecule has 0 fully saturated rings. The molecule has 1 heterocycles. The van der Waals surface area contributed by atoms with E-state index in [1.54, 1.807) is 0 Å². The van der Waals surface area contributed by atoms with E-state index in [1.807, 2.05) is 44.2 Å². The predicted molar refractivity (Wildman–Crippen MR) is 83.1 cm³/mol. The summed E-state index contributed by atoms with van der Waals surface area (Å²) < 4.78 is 0. The van der Waals surface area contributed by atoms with Gasteiger partial charge in [0.25, 0.3) is 5.91 Å². The summed E-state index contributed by atoms with van der Waals surface area (Å²) in [5, 5.41) is 8.24. The summed E-state index contributed by atoms with van der Waals surface area (Å²) in [5.74, 6) is 0.643. The fourth-order valence-electron chi connectivity index (χ4n) is 2.03. The van der Waals surface area contributed by atoms with E-state index in [0.29, 0.717) is 5.69 Å². The van der Waals surface area contributed by atoms with E-state index < -0.39 is 0 Å². The molecule has 0 bridgehead atoms. The molecule has 4 heteroatoms. The first kappa shape index (κ1) is 14.3. The number of hydrogen-bond acceptors (Lipinski definition) is 3. The highest BCUT2D eigenvalue weighted by Gasteiger charge is 2.12. The van der Waals surface area contributed by atoms with Crippen molar-refractivity contribution < 1.29 is 4.79 Å². The van der Waals surface area contributed by atoms with E-state index in [0.717, 1.165) is 29.6 Å². The third kappa shape index (κ3) is 3.26. The number of pyridine rings is 1. The number of nitrogens with one attached hydrogen (secondary N) is 2. The fraction of sp³-hybridized carbons (Fsp3) is 0.375. The Kier molecular flexibility index (Phi) is 4.56. The summed E-state index contributed by atoms with van der Waals surface area (Å²) in [5.41, 5.74) is 0.455. The van der Waals surface area contributed by atoms with Crippen molar-refractivity contribution in [3.63, 3.8) is 0 Å². The van der Waals surface area contributed by atoms with Gasteiger partial charge in [0.05, 0.1) is 0 Å². The normalized spacial score (nSPS) is 10.8. The molecule has 0 aliphatic carbocycles. The van der Waals surface area contributed by atoms with Gasteiger partial charge in [-0.3, -0.25) is 4.79 Å². The molecule has 0 saturated heterocycles. The van der Waals surface area contributed by atoms with Crippen LogP contribution in [0.5, 0.6) is 0 Å². The monoisotopic (exact) mass is 271 g/mol. The molecule has 1 amide bonds. The molecule has 1 aromatic heterocycles. The second-order valence-electron chi connectivity index (χ2n) is 5.13. The average molecular weight is 271 g/mol. The lowest BCUT2D eigenvalue weighted by molar-refractivity contribution is 0.0938. The Morgan fingerprint density at radius 3 is 2.75 bits per heavy atom. The minimum absolute atomic E-state index is 0.0998. The van der Waals surface area contributed by atoms with Gasteiger partial charge in [0, 0.05) is 18.0 Å². The number of nitrogens with zero attached hydrogens (tertiary/aromatic N) is 1. The standard InChI is InChI=1S/C16H21N3O/c1-4-9-17-15-13-8-6-5-7-12(13)10-14(19-15)16(20)18-11(2)3/h5-8,10-11H,4,9H2,1-3H3,(H,17,19)(H,18,20). The number of amides is 1. The molecule has 0 spiro atoms. The number of hydrogen-bond donors (Lipinski definition) is 2. The maximum absolute atomic E-state index is 12.1. The first-order valence-corrected chi connectivity index (χ1v) is 7.06. The smallest absolute Gasteiger partial charge is 0.270 e. The highest BCUT2D eigenvalue weighted by Crippen LogP contribution is 2.22. The second kappa shape index (κ2) is 6.37. The van der Waals surface area contributed by atoms with Crippen molar-refractivity contribution in [1.82, 2.24) is 10.3 Å². The number of fused-ring (bicyclic) bond motifs is 1. The molecular formula is C16H21N3O. The zero-order valence-corrected chi connectivity index (χ0v) is 12.2. The third-order valence-electron chi connectivity index (χ3n) is 2.94. The lowest BCUT2D eigenvalue weighted by Gasteiger charge is -2.12. The molecular weight excluding hydrogens is 250 g/mol. The molecule has 0 unspecified atom stereocenters. The van der Waals surface area contributed by atoms with Gasteiger partial charge in [0.1, 0.15) is 11.5 Å². The Balaban J connectivity index is 2.43. The van der Waals surface area contributed by atoms with Crippen molar-refractivity contribution >= 4 is 22.5 Å². The molecule has 0 atom stereocenters. The van der Waals surface area contributed by atoms with Gasteiger partial charge in [-0.1, -0.05) is 31.2 Å². The lowest BCUT2D eigenvalue weighted by atomic mass is 10.1. The van der Waals surface area contributed by atoms with E-state index in [1.165, 1.54) is 0 Å². The van der Waals surface area contributed by atoms with E-state index in [-0.39, 0.29) is 11.9 Å². The van der Waals surface area contributed by atoms with Crippen molar-refractivity contribution in [1.29, 1.82) is 0 Å². The molecule has 20 heavy (non-hydrogen) atoms. The van der Waals surface area contributed by atoms with Gasteiger partial charge < -0.3 is 10.6 Å². The van der Waals surface area contributed by atoms with Gasteiger partial charge >= 0.3 is 0 Å². The Morgan fingerprint density at radius 1 is 1.30 bits per heavy atom. The molecule has 2 aromatic rings. The van der Waals surface area contributed by atoms with Gasteiger partial charge in [-0.25, -0.2) is 4.98 Å². The summed E-state index contributed by atoms with van der Waals surface area (Å²) in [6, 6.07) is 9.91. The van der Waals surface area contributed by atoms with Gasteiger partial charge in [-0.2, -0.15) is 0 Å². The number of benzene rings is 1. The van der Waals surface area contributed by atoms with Crippen LogP contribution < -0.4 is 10.6 Å². The van der Waals surface area contributed by atoms with Crippen LogP contribution in [0.25, 0.3) is 10.8 Å². The van der Waals surface area contributed by atoms with Crippen LogP contribution in [0.15, 0.2) is 30.3 Å². The number of rotatable bonds is 5. The molecule has 106 valence electrons. The second-order valence-corrected chi connectivity index (χ2v) is 5.13. The molecule has 2 rings (SSSR count). The summed E-state index contributed by atoms with van der Waals surface area (Å²) in [7, 11) is 0. The number of carbonyl (C=O) groups excluding carboxylic acids is 1. The number of anilines is 1. The minimum Gasteiger partial charge on any atom is -0.370 e. The quantitative estimate of drug-likeness (QED) is 0.878. The van der Waals surface area contributed by atoms with Crippen molar-refractivity contribution in [2.45, 2.75) is 33.2 Å². The maximum atomic E-state index is 12.1. The van der Waals surface area contributed by atoms with Crippen LogP contribution in [0.4, 0.5) is 5.82 Å². The molecule has 1 aromatic carbocycles. The topological polar surface area (TPSA) is 54.0 Å². The minimum atomic E-state index is -0.134. The highest BCUT2D eigenvalue weighted by molar-refractivity contribution is 6.00. The zero-order valence-electron chi connectivity index (χ0n) is 12.2. The average Bonchev–Trinajstić information content (AvgIpc) is 2.43. The van der Waals surface area contributed by atoms with Crippen LogP contribution in [0.3, 0.4) is 0 Å². The van der Waals surface area contributed by atoms with Crippen molar-refractivity contribution in [2.75, 3.05) is 11.9 Å². The van der Waals surface area contributed by atoms with E-state index >= 15 is 0 Å². The molecule has 0 aliphatic heterocycles. The van der Waals surface area contributed by atoms with Crippen LogP contribution in [-0.4, -0.2) is 23.5 Å². The van der Waals surface area contributed by atoms with Crippen molar-refractivity contribution in [3.8, 4) is 0 Å². The first-order valence-electron chi connectivity index (χ1n) is 7.06. The highest BCUT2D eigenvalue weighted by atomic mass is 16.1. The largest absolute Gasteiger partial charge is 0.370 e. The van der Waals surface area contributed by atoms with Crippen LogP contribution in [0.2, 0.25) is 0 Å². The lowest BCUT2D eigenvalue weighted by Crippen LogP contribution is -2.30. The molecule has 0 aliphatic rings. The third-order valence-corrected chi connectivity index (χ3v) is 2.94. The van der Waals surface area contributed by atoms with Gasteiger partial charge in [-0.15, -0.1) is 0 Å². The van der Waals surface area contributed by atoms with E-state index in [2.05, 4.69) is 22.5 Å². The van der Waals surface area contributed by atoms with E-state index in [9.17, 15) is 4.79 Å². The maximum Gasteiger partial charge on any atom is 0.270 e. The van der Waals surface area contributed by atoms with Crippen molar-refractivity contribution in [3.05, 3.63) is 36.0 Å². The predicted octanol–water partition coefficient (Wildman–Crippen LogP) is 3.19. The fourth-order valence-corrected chi connectivity index (χ4v) is 2.03. The van der Waals surface area contributed by atoms with Gasteiger partial charge in [0.15, 0.2) is 0 Å². The molecule has 4 nitrogen and oxygen atoms in total. The summed E-state index contributed by atoms with van der Waals surface area (Å²) >= 11 is 0. The zero-order chi connectivity index (χ0) is 14.5. The Labute approximate surface area is 119 Å². The Bertz CT molecular complexity index is 608. The van der Waals surface area contributed by atoms with E-state index in [4.69, 9.17) is 0 Å². The first-order chi connectivity index (χ1) is 9.61. The summed E-state index contributed by atoms with van der Waals surface area (Å²) in [6.45, 7) is 6.82. The Morgan fingerprint density at radius 2 is 2.05 bits per heavy atom. The van der Waals surface area contributed by atoms with Crippen LogP contribution in [0.1, 0.15) is 37.7 Å². The van der Waals surface area contributed by atoms with Crippen LogP contribution in [-0.2, 0) is 0 Å². The van der Waals surface area contributed by atoms with Gasteiger partial charge in [0.2, 0.25) is 0 Å².